The van der Waals surface area contributed by atoms with E-state index in [2.05, 4.69) is 51.0 Å². The Kier molecular flexibility index (Phi) is 12.3. The maximum absolute atomic E-state index is 12.4. The minimum absolute atomic E-state index is 0.629. The Morgan fingerprint density at radius 3 is 2.50 bits per heavy atom. The van der Waals surface area contributed by atoms with E-state index in [1.165, 1.54) is 16.8 Å². The van der Waals surface area contributed by atoms with Gasteiger partial charge in [-0.25, -0.2) is 8.51 Å². The summed E-state index contributed by atoms with van der Waals surface area (Å²) in [6.45, 7) is 11.7. The van der Waals surface area contributed by atoms with Gasteiger partial charge in [0.05, 0.1) is 48.1 Å². The van der Waals surface area contributed by atoms with E-state index in [1.807, 2.05) is 16.4 Å². The molecule has 0 bridgehead atoms. The molecular formula is C36H45ClN6O4S. The highest BCUT2D eigenvalue weighted by atomic mass is 35.5. The summed E-state index contributed by atoms with van der Waals surface area (Å²) in [5.41, 5.74) is 8.86. The molecule has 5 heterocycles. The van der Waals surface area contributed by atoms with Crippen molar-refractivity contribution in [1.29, 1.82) is 0 Å². The lowest BCUT2D eigenvalue weighted by atomic mass is 9.98. The highest BCUT2D eigenvalue weighted by Gasteiger charge is 2.27. The van der Waals surface area contributed by atoms with Crippen LogP contribution in [-0.2, 0) is 57.7 Å². The highest BCUT2D eigenvalue weighted by Crippen LogP contribution is 2.32. The fourth-order valence-corrected chi connectivity index (χ4v) is 7.34. The van der Waals surface area contributed by atoms with Crippen LogP contribution >= 0.6 is 11.6 Å². The average molecular weight is 693 g/mol. The third-order valence-corrected chi connectivity index (χ3v) is 10.6. The number of aryl methyl sites for hydroxylation is 1. The highest BCUT2D eigenvalue weighted by molar-refractivity contribution is 7.81. The fraction of sp³-hybridized carbons (Fsp3) is 0.500. The van der Waals surface area contributed by atoms with Crippen molar-refractivity contribution in [3.8, 4) is 23.1 Å². The van der Waals surface area contributed by atoms with Crippen molar-refractivity contribution in [2.24, 2.45) is 0 Å². The summed E-state index contributed by atoms with van der Waals surface area (Å²) in [4.78, 5) is 14.2. The summed E-state index contributed by atoms with van der Waals surface area (Å²) in [6, 6.07) is 12.5. The second-order valence-corrected chi connectivity index (χ2v) is 14.2. The smallest absolute Gasteiger partial charge is 0.209 e. The van der Waals surface area contributed by atoms with Crippen LogP contribution in [0.15, 0.2) is 36.4 Å². The minimum Gasteiger partial charge on any atom is -0.379 e. The van der Waals surface area contributed by atoms with Gasteiger partial charge in [-0.1, -0.05) is 35.6 Å². The predicted molar refractivity (Wildman–Crippen MR) is 189 cm³/mol. The van der Waals surface area contributed by atoms with Gasteiger partial charge in [0, 0.05) is 99.5 Å². The minimum atomic E-state index is -1.03. The number of rotatable bonds is 7. The molecule has 0 saturated carbocycles. The molecule has 1 atom stereocenters. The molecule has 1 N–H and O–H groups in total. The molecule has 256 valence electrons. The number of nitrogens with zero attached hydrogens (tertiary/aromatic N) is 5. The van der Waals surface area contributed by atoms with Gasteiger partial charge in [0.15, 0.2) is 0 Å². The van der Waals surface area contributed by atoms with E-state index in [0.29, 0.717) is 24.8 Å². The largest absolute Gasteiger partial charge is 0.379 e. The first-order chi connectivity index (χ1) is 23.5. The van der Waals surface area contributed by atoms with Crippen molar-refractivity contribution in [2.75, 3.05) is 78.5 Å². The number of carbonyl (C=O) groups excluding carboxylic acids is 1. The van der Waals surface area contributed by atoms with Crippen LogP contribution < -0.4 is 5.32 Å². The number of carbonyl (C=O) groups is 1. The summed E-state index contributed by atoms with van der Waals surface area (Å²) < 4.78 is 27.1. The quantitative estimate of drug-likeness (QED) is 0.301. The Morgan fingerprint density at radius 2 is 1.75 bits per heavy atom. The molecule has 10 nitrogen and oxygen atoms in total. The van der Waals surface area contributed by atoms with Crippen molar-refractivity contribution >= 4 is 29.0 Å². The zero-order valence-electron chi connectivity index (χ0n) is 27.7. The summed E-state index contributed by atoms with van der Waals surface area (Å²) in [5.74, 6) is 6.65. The van der Waals surface area contributed by atoms with Crippen molar-refractivity contribution in [3.05, 3.63) is 74.9 Å². The van der Waals surface area contributed by atoms with Crippen LogP contribution in [0.4, 0.5) is 0 Å². The molecule has 2 fully saturated rings. The van der Waals surface area contributed by atoms with Crippen LogP contribution in [0.1, 0.15) is 39.9 Å². The second-order valence-electron chi connectivity index (χ2n) is 12.5. The third kappa shape index (κ3) is 8.93. The summed E-state index contributed by atoms with van der Waals surface area (Å²) in [6.07, 6.45) is 5.55. The summed E-state index contributed by atoms with van der Waals surface area (Å²) in [5, 5.41) is 9.19. The van der Waals surface area contributed by atoms with E-state index in [1.54, 1.807) is 11.2 Å². The maximum atomic E-state index is 12.4. The van der Waals surface area contributed by atoms with Crippen molar-refractivity contribution < 1.29 is 18.5 Å². The number of ether oxygens (including phenoxy) is 2. The third-order valence-electron chi connectivity index (χ3n) is 9.28. The number of amides is 1. The van der Waals surface area contributed by atoms with Crippen molar-refractivity contribution in [1.82, 2.24) is 29.2 Å². The Hall–Kier alpha value is -3.08. The van der Waals surface area contributed by atoms with Crippen LogP contribution in [0.5, 0.6) is 0 Å². The molecule has 48 heavy (non-hydrogen) atoms. The average Bonchev–Trinajstić information content (AvgIpc) is 3.50. The number of nitrogens with one attached hydrogen (secondary N) is 1. The number of fused-ring (bicyclic) bond motifs is 2. The number of hydrogen-bond acceptors (Lipinski definition) is 7. The Morgan fingerprint density at radius 1 is 0.958 bits per heavy atom. The maximum Gasteiger partial charge on any atom is 0.209 e. The first-order valence-corrected chi connectivity index (χ1v) is 18.8. The molecule has 7 rings (SSSR count). The van der Waals surface area contributed by atoms with Gasteiger partial charge in [-0.15, -0.1) is 0 Å². The molecule has 4 aliphatic heterocycles. The zero-order chi connectivity index (χ0) is 33.3. The standard InChI is InChI=1S/C31H36ClN5O2S.C5H9NO2/c1-40(38)36-14-10-30-28(22-36)31(34-37(30)13-2-12-35-15-17-39-18-16-35)26-7-8-29(32)25(20-26)6-4-23-3-5-24-9-11-33-21-27(24)19-23;7-5-6-1-3-8-4-2-6/h3,5,7-8,19-20,33H,2,9-18,21-22H2,1H3;5H,1-4H2. The molecule has 12 heteroatoms. The molecule has 2 saturated heterocycles. The first kappa shape index (κ1) is 34.8. The molecule has 0 aliphatic carbocycles. The van der Waals surface area contributed by atoms with E-state index in [-0.39, 0.29) is 0 Å². The van der Waals surface area contributed by atoms with Gasteiger partial charge < -0.3 is 19.7 Å². The van der Waals surface area contributed by atoms with E-state index >= 15 is 0 Å². The molecule has 1 amide bonds. The van der Waals surface area contributed by atoms with Gasteiger partial charge in [-0.05, 0) is 54.8 Å². The lowest BCUT2D eigenvalue weighted by molar-refractivity contribution is -0.121. The van der Waals surface area contributed by atoms with Gasteiger partial charge in [0.2, 0.25) is 6.41 Å². The molecule has 0 spiro atoms. The number of morpholine rings is 2. The molecule has 0 radical (unpaired) electrons. The number of halogens is 1. The molecule has 3 aromatic rings. The van der Waals surface area contributed by atoms with Crippen LogP contribution in [0.2, 0.25) is 5.02 Å². The number of benzene rings is 2. The van der Waals surface area contributed by atoms with Gasteiger partial charge in [0.1, 0.15) is 0 Å². The lowest BCUT2D eigenvalue weighted by Crippen LogP contribution is -2.37. The summed E-state index contributed by atoms with van der Waals surface area (Å²) >= 11 is 6.62. The normalized spacial score (nSPS) is 18.8. The van der Waals surface area contributed by atoms with Crippen LogP contribution in [0.25, 0.3) is 11.3 Å². The van der Waals surface area contributed by atoms with Gasteiger partial charge in [-0.3, -0.25) is 14.4 Å². The van der Waals surface area contributed by atoms with Gasteiger partial charge >= 0.3 is 0 Å². The van der Waals surface area contributed by atoms with Gasteiger partial charge in [-0.2, -0.15) is 5.10 Å². The van der Waals surface area contributed by atoms with E-state index in [4.69, 9.17) is 26.2 Å². The summed E-state index contributed by atoms with van der Waals surface area (Å²) in [7, 11) is -1.03. The molecule has 1 unspecified atom stereocenters. The topological polar surface area (TPSA) is 92.2 Å². The molecule has 4 aliphatic rings. The number of hydrogen-bond donors (Lipinski definition) is 1. The molecule has 1 aromatic heterocycles. The monoisotopic (exact) mass is 692 g/mol. The molecule has 2 aromatic carbocycles. The van der Waals surface area contributed by atoms with E-state index < -0.39 is 11.0 Å². The van der Waals surface area contributed by atoms with Crippen LogP contribution in [-0.4, -0.2) is 113 Å². The number of aromatic nitrogens is 2. The van der Waals surface area contributed by atoms with Crippen molar-refractivity contribution in [3.63, 3.8) is 0 Å². The Bertz CT molecular complexity index is 1660. The van der Waals surface area contributed by atoms with Crippen LogP contribution in [0, 0.1) is 11.8 Å². The van der Waals surface area contributed by atoms with E-state index in [9.17, 15) is 9.00 Å². The fourth-order valence-electron chi connectivity index (χ4n) is 6.52. The van der Waals surface area contributed by atoms with Crippen LogP contribution in [0.3, 0.4) is 0 Å². The Labute approximate surface area is 291 Å². The van der Waals surface area contributed by atoms with Gasteiger partial charge in [0.25, 0.3) is 0 Å². The lowest BCUT2D eigenvalue weighted by Gasteiger charge is -2.27. The van der Waals surface area contributed by atoms with E-state index in [0.717, 1.165) is 126 Å². The Balaban J connectivity index is 0.000000441. The second kappa shape index (κ2) is 17.0. The van der Waals surface area contributed by atoms with Crippen molar-refractivity contribution in [2.45, 2.75) is 38.9 Å². The first-order valence-electron chi connectivity index (χ1n) is 16.9. The zero-order valence-corrected chi connectivity index (χ0v) is 29.3. The molecular weight excluding hydrogens is 648 g/mol. The predicted octanol–water partition coefficient (Wildman–Crippen LogP) is 3.10. The SMILES string of the molecule is CS(=O)N1CCc2c(c(-c3ccc(Cl)c(C#Cc4ccc5c(c4)CNCC5)c3)nn2CCCN2CCOCC2)C1.O=CN1CCOCC1.